The van der Waals surface area contributed by atoms with Gasteiger partial charge in [0, 0.05) is 6.42 Å². The van der Waals surface area contributed by atoms with Crippen LogP contribution < -0.4 is 4.57 Å². The number of hydrogen-bond donors (Lipinski definition) is 0. The van der Waals surface area contributed by atoms with Gasteiger partial charge in [-0.1, -0.05) is 166 Å². The highest BCUT2D eigenvalue weighted by Crippen LogP contribution is 2.14. The Morgan fingerprint density at radius 3 is 1.47 bits per heavy atom. The maximum absolute atomic E-state index is 2.58. The molecule has 2 aromatic rings. The zero-order valence-electron chi connectivity index (χ0n) is 25.6. The van der Waals surface area contributed by atoms with Crippen molar-refractivity contribution in [1.82, 2.24) is 4.57 Å². The summed E-state index contributed by atoms with van der Waals surface area (Å²) in [6.07, 6.45) is 37.0. The van der Waals surface area contributed by atoms with Crippen LogP contribution in [0, 0.1) is 0 Å². The normalized spacial score (nSPS) is 11.4. The van der Waals surface area contributed by atoms with Crippen molar-refractivity contribution in [1.29, 1.82) is 0 Å². The van der Waals surface area contributed by atoms with Gasteiger partial charge in [-0.15, -0.1) is 0 Å². The van der Waals surface area contributed by atoms with Crippen molar-refractivity contribution in [3.05, 3.63) is 54.1 Å². The SMILES string of the molecule is CCCCCCCCCCCCCC[n+]1ccn(Cc2ccccc2)c1CCCCCCCCCCCC. The van der Waals surface area contributed by atoms with E-state index in [1.807, 2.05) is 0 Å². The Balaban J connectivity index is 1.67. The van der Waals surface area contributed by atoms with Crippen molar-refractivity contribution in [3.8, 4) is 0 Å². The van der Waals surface area contributed by atoms with Gasteiger partial charge in [0.15, 0.2) is 0 Å². The molecular weight excluding hydrogens is 460 g/mol. The minimum absolute atomic E-state index is 0.999. The van der Waals surface area contributed by atoms with E-state index < -0.39 is 0 Å². The Morgan fingerprint density at radius 2 is 0.974 bits per heavy atom. The number of aryl methyl sites for hydroxylation is 1. The van der Waals surface area contributed by atoms with Crippen molar-refractivity contribution in [2.24, 2.45) is 0 Å². The third-order valence-electron chi connectivity index (χ3n) is 8.29. The molecule has 0 saturated carbocycles. The maximum atomic E-state index is 2.58. The van der Waals surface area contributed by atoms with Gasteiger partial charge in [0.05, 0.1) is 6.54 Å². The Bertz CT molecular complexity index is 763. The molecule has 0 radical (unpaired) electrons. The summed E-state index contributed by atoms with van der Waals surface area (Å²) in [4.78, 5) is 0. The smallest absolute Gasteiger partial charge is 0.234 e. The predicted octanol–water partition coefficient (Wildman–Crippen LogP) is 11.0. The topological polar surface area (TPSA) is 8.81 Å². The predicted molar refractivity (Wildman–Crippen MR) is 167 cm³/mol. The number of benzene rings is 1. The summed E-state index contributed by atoms with van der Waals surface area (Å²) in [6.45, 7) is 6.79. The van der Waals surface area contributed by atoms with Gasteiger partial charge in [-0.2, -0.15) is 0 Å². The number of hydrogen-bond acceptors (Lipinski definition) is 0. The first-order valence-electron chi connectivity index (χ1n) is 17.0. The second-order valence-electron chi connectivity index (χ2n) is 11.8. The van der Waals surface area contributed by atoms with Crippen LogP contribution in [0.25, 0.3) is 0 Å². The molecule has 2 heteroatoms. The van der Waals surface area contributed by atoms with Crippen LogP contribution in [0.3, 0.4) is 0 Å². The summed E-state index contributed by atoms with van der Waals surface area (Å²) >= 11 is 0. The standard InChI is InChI=1S/C36H63N2/c1-3-5-7-9-11-13-15-16-18-20-22-27-31-37-32-33-38(34-35-28-24-23-25-29-35)36(37)30-26-21-19-17-14-12-10-8-6-4-2/h23-25,28-29,32-33H,3-22,26-27,30-31,34H2,1-2H3/q+1. The third kappa shape index (κ3) is 15.7. The molecular formula is C36H63N2+. The van der Waals surface area contributed by atoms with Crippen LogP contribution in [-0.2, 0) is 19.5 Å². The van der Waals surface area contributed by atoms with Gasteiger partial charge in [0.2, 0.25) is 0 Å². The van der Waals surface area contributed by atoms with Gasteiger partial charge < -0.3 is 0 Å². The number of unbranched alkanes of at least 4 members (excludes halogenated alkanes) is 20. The van der Waals surface area contributed by atoms with E-state index in [0.717, 1.165) is 6.54 Å². The Hall–Kier alpha value is -1.57. The number of rotatable bonds is 26. The fourth-order valence-electron chi connectivity index (χ4n) is 5.81. The van der Waals surface area contributed by atoms with Crippen molar-refractivity contribution in [2.45, 2.75) is 175 Å². The Kier molecular flexibility index (Phi) is 20.0. The van der Waals surface area contributed by atoms with Crippen molar-refractivity contribution < 1.29 is 4.57 Å². The first kappa shape index (κ1) is 32.6. The molecule has 0 N–H and O–H groups in total. The van der Waals surface area contributed by atoms with Crippen LogP contribution in [0.4, 0.5) is 0 Å². The maximum Gasteiger partial charge on any atom is 0.256 e. The van der Waals surface area contributed by atoms with E-state index in [1.165, 1.54) is 166 Å². The van der Waals surface area contributed by atoms with E-state index in [1.54, 1.807) is 0 Å². The highest BCUT2D eigenvalue weighted by atomic mass is 15.1. The molecule has 0 aliphatic rings. The van der Waals surface area contributed by atoms with Crippen LogP contribution in [-0.4, -0.2) is 4.57 Å². The molecule has 0 amide bonds. The Morgan fingerprint density at radius 1 is 0.526 bits per heavy atom. The molecule has 2 rings (SSSR count). The molecule has 1 heterocycles. The average Bonchev–Trinajstić information content (AvgIpc) is 3.31. The molecule has 0 atom stereocenters. The molecule has 38 heavy (non-hydrogen) atoms. The molecule has 0 aliphatic heterocycles. The summed E-state index contributed by atoms with van der Waals surface area (Å²) in [7, 11) is 0. The second-order valence-corrected chi connectivity index (χ2v) is 11.8. The molecule has 0 aliphatic carbocycles. The summed E-state index contributed by atoms with van der Waals surface area (Å²) in [6, 6.07) is 11.0. The van der Waals surface area contributed by atoms with Crippen molar-refractivity contribution >= 4 is 0 Å². The summed E-state index contributed by atoms with van der Waals surface area (Å²) in [5.41, 5.74) is 1.41. The van der Waals surface area contributed by atoms with Gasteiger partial charge >= 0.3 is 0 Å². The summed E-state index contributed by atoms with van der Waals surface area (Å²) in [5.74, 6) is 1.54. The molecule has 0 unspecified atom stereocenters. The second kappa shape index (κ2) is 23.3. The molecule has 0 saturated heterocycles. The summed E-state index contributed by atoms with van der Waals surface area (Å²) < 4.78 is 5.09. The molecule has 0 spiro atoms. The van der Waals surface area contributed by atoms with Gasteiger partial charge in [0.25, 0.3) is 5.82 Å². The van der Waals surface area contributed by atoms with Gasteiger partial charge in [-0.05, 0) is 24.8 Å². The van der Waals surface area contributed by atoms with Crippen LogP contribution in [0.1, 0.15) is 166 Å². The molecule has 0 fully saturated rings. The number of aromatic nitrogens is 2. The van der Waals surface area contributed by atoms with Gasteiger partial charge in [-0.3, -0.25) is 0 Å². The first-order chi connectivity index (χ1) is 18.8. The summed E-state index contributed by atoms with van der Waals surface area (Å²) in [5, 5.41) is 0. The highest BCUT2D eigenvalue weighted by Gasteiger charge is 2.17. The highest BCUT2D eigenvalue weighted by molar-refractivity contribution is 5.15. The lowest BCUT2D eigenvalue weighted by molar-refractivity contribution is -0.704. The third-order valence-corrected chi connectivity index (χ3v) is 8.29. The minimum atomic E-state index is 0.999. The number of imidazole rings is 1. The monoisotopic (exact) mass is 523 g/mol. The van der Waals surface area contributed by atoms with E-state index >= 15 is 0 Å². The van der Waals surface area contributed by atoms with Crippen LogP contribution in [0.2, 0.25) is 0 Å². The van der Waals surface area contributed by atoms with Gasteiger partial charge in [0.1, 0.15) is 18.9 Å². The van der Waals surface area contributed by atoms with E-state index in [-0.39, 0.29) is 0 Å². The van der Waals surface area contributed by atoms with Crippen LogP contribution in [0.5, 0.6) is 0 Å². The lowest BCUT2D eigenvalue weighted by Gasteiger charge is -2.07. The average molecular weight is 524 g/mol. The largest absolute Gasteiger partial charge is 0.256 e. The molecule has 2 nitrogen and oxygen atoms in total. The quantitative estimate of drug-likeness (QED) is 0.0856. The van der Waals surface area contributed by atoms with Crippen molar-refractivity contribution in [3.63, 3.8) is 0 Å². The van der Waals surface area contributed by atoms with E-state index in [0.29, 0.717) is 0 Å². The van der Waals surface area contributed by atoms with E-state index in [4.69, 9.17) is 0 Å². The zero-order chi connectivity index (χ0) is 26.9. The first-order valence-corrected chi connectivity index (χ1v) is 17.0. The molecule has 216 valence electrons. The van der Waals surface area contributed by atoms with Gasteiger partial charge in [-0.25, -0.2) is 9.13 Å². The van der Waals surface area contributed by atoms with Crippen molar-refractivity contribution in [2.75, 3.05) is 0 Å². The van der Waals surface area contributed by atoms with E-state index in [9.17, 15) is 0 Å². The lowest BCUT2D eigenvalue weighted by Crippen LogP contribution is -2.37. The van der Waals surface area contributed by atoms with E-state index in [2.05, 4.69) is 65.7 Å². The zero-order valence-corrected chi connectivity index (χ0v) is 25.6. The van der Waals surface area contributed by atoms with Crippen LogP contribution in [0.15, 0.2) is 42.7 Å². The minimum Gasteiger partial charge on any atom is -0.234 e. The fourth-order valence-corrected chi connectivity index (χ4v) is 5.81. The molecule has 1 aromatic heterocycles. The van der Waals surface area contributed by atoms with Crippen LogP contribution >= 0.6 is 0 Å². The Labute approximate surface area is 237 Å². The lowest BCUT2D eigenvalue weighted by atomic mass is 10.1. The molecule has 1 aromatic carbocycles. The fraction of sp³-hybridized carbons (Fsp3) is 0.750. The molecule has 0 bridgehead atoms. The number of nitrogens with zero attached hydrogens (tertiary/aromatic N) is 2.